The maximum absolute atomic E-state index is 12.1. The van der Waals surface area contributed by atoms with Crippen molar-refractivity contribution >= 4 is 11.6 Å². The Morgan fingerprint density at radius 3 is 2.47 bits per heavy atom. The van der Waals surface area contributed by atoms with Gasteiger partial charge in [-0.25, -0.2) is 0 Å². The first-order chi connectivity index (χ1) is 9.06. The van der Waals surface area contributed by atoms with Crippen molar-refractivity contribution in [3.8, 4) is 0 Å². The lowest BCUT2D eigenvalue weighted by atomic mass is 10.0. The largest absolute Gasteiger partial charge is 0.326 e. The molecule has 0 unspecified atom stereocenters. The van der Waals surface area contributed by atoms with Gasteiger partial charge in [-0.05, 0) is 43.5 Å². The predicted octanol–water partition coefficient (Wildman–Crippen LogP) is 3.79. The Hall–Kier alpha value is -2.09. The molecule has 2 nitrogen and oxygen atoms in total. The second-order valence-corrected chi connectivity index (χ2v) is 4.97. The molecule has 0 aliphatic carbocycles. The maximum atomic E-state index is 12.1. The molecule has 2 aromatic rings. The van der Waals surface area contributed by atoms with Crippen LogP contribution in [0.4, 0.5) is 5.69 Å². The van der Waals surface area contributed by atoms with Gasteiger partial charge in [0.2, 0.25) is 5.91 Å². The number of anilines is 1. The molecule has 0 aliphatic heterocycles. The fourth-order valence-electron chi connectivity index (χ4n) is 2.07. The first-order valence-electron chi connectivity index (χ1n) is 6.48. The quantitative estimate of drug-likeness (QED) is 0.885. The number of aryl methyl sites for hydroxylation is 3. The van der Waals surface area contributed by atoms with Crippen LogP contribution in [0.2, 0.25) is 0 Å². The number of nitrogens with one attached hydrogen (secondary N) is 1. The molecule has 1 amide bonds. The van der Waals surface area contributed by atoms with Crippen LogP contribution in [0.3, 0.4) is 0 Å². The van der Waals surface area contributed by atoms with Crippen molar-refractivity contribution in [3.05, 3.63) is 64.7 Å². The van der Waals surface area contributed by atoms with Crippen molar-refractivity contribution in [2.75, 3.05) is 5.32 Å². The van der Waals surface area contributed by atoms with Gasteiger partial charge in [0.1, 0.15) is 0 Å². The minimum absolute atomic E-state index is 0.0306. The molecule has 2 heteroatoms. The van der Waals surface area contributed by atoms with Crippen LogP contribution in [-0.2, 0) is 11.2 Å². The summed E-state index contributed by atoms with van der Waals surface area (Å²) in [5, 5.41) is 2.97. The lowest BCUT2D eigenvalue weighted by Gasteiger charge is -2.10. The highest BCUT2D eigenvalue weighted by Gasteiger charge is 2.07. The number of hydrogen-bond donors (Lipinski definition) is 1. The number of benzene rings is 2. The second-order valence-electron chi connectivity index (χ2n) is 4.97. The summed E-state index contributed by atoms with van der Waals surface area (Å²) in [6, 6.07) is 14.0. The smallest absolute Gasteiger partial charge is 0.228 e. The molecular formula is C17H19NO. The Kier molecular flexibility index (Phi) is 4.00. The molecule has 0 spiro atoms. The fraction of sp³-hybridized carbons (Fsp3) is 0.235. The van der Waals surface area contributed by atoms with Gasteiger partial charge in [-0.15, -0.1) is 0 Å². The number of amides is 1. The van der Waals surface area contributed by atoms with E-state index in [4.69, 9.17) is 0 Å². The van der Waals surface area contributed by atoms with Crippen molar-refractivity contribution in [3.63, 3.8) is 0 Å². The summed E-state index contributed by atoms with van der Waals surface area (Å²) in [7, 11) is 0. The second kappa shape index (κ2) is 5.70. The number of carbonyl (C=O) groups excluding carboxylic acids is 1. The van der Waals surface area contributed by atoms with Crippen molar-refractivity contribution in [1.82, 2.24) is 0 Å². The van der Waals surface area contributed by atoms with Crippen LogP contribution < -0.4 is 5.32 Å². The average Bonchev–Trinajstić information content (AvgIpc) is 2.37. The summed E-state index contributed by atoms with van der Waals surface area (Å²) >= 11 is 0. The summed E-state index contributed by atoms with van der Waals surface area (Å²) in [4.78, 5) is 12.1. The van der Waals surface area contributed by atoms with Gasteiger partial charge in [0.05, 0.1) is 6.42 Å². The number of para-hydroxylation sites is 1. The average molecular weight is 253 g/mol. The maximum Gasteiger partial charge on any atom is 0.228 e. The molecule has 0 aromatic heterocycles. The van der Waals surface area contributed by atoms with Crippen molar-refractivity contribution in [2.45, 2.75) is 27.2 Å². The molecule has 2 aromatic carbocycles. The minimum Gasteiger partial charge on any atom is -0.326 e. The third kappa shape index (κ3) is 3.44. The van der Waals surface area contributed by atoms with E-state index in [-0.39, 0.29) is 5.91 Å². The Morgan fingerprint density at radius 2 is 1.74 bits per heavy atom. The van der Waals surface area contributed by atoms with E-state index >= 15 is 0 Å². The van der Waals surface area contributed by atoms with Gasteiger partial charge in [0.15, 0.2) is 0 Å². The first kappa shape index (κ1) is 13.3. The Morgan fingerprint density at radius 1 is 1.00 bits per heavy atom. The van der Waals surface area contributed by atoms with Crippen LogP contribution in [-0.4, -0.2) is 5.91 Å². The molecule has 0 bridgehead atoms. The molecule has 0 saturated heterocycles. The summed E-state index contributed by atoms with van der Waals surface area (Å²) in [6.45, 7) is 6.07. The molecule has 0 fully saturated rings. The van der Waals surface area contributed by atoms with Gasteiger partial charge in [-0.3, -0.25) is 4.79 Å². The topological polar surface area (TPSA) is 29.1 Å². The zero-order chi connectivity index (χ0) is 13.8. The molecule has 98 valence electrons. The van der Waals surface area contributed by atoms with E-state index in [1.165, 1.54) is 5.56 Å². The first-order valence-corrected chi connectivity index (χ1v) is 6.48. The monoisotopic (exact) mass is 253 g/mol. The lowest BCUT2D eigenvalue weighted by Crippen LogP contribution is -2.15. The van der Waals surface area contributed by atoms with Gasteiger partial charge < -0.3 is 5.32 Å². The third-order valence-electron chi connectivity index (χ3n) is 3.27. The van der Waals surface area contributed by atoms with Crippen molar-refractivity contribution < 1.29 is 4.79 Å². The SMILES string of the molecule is Cc1ccc(C)c(CC(=O)Nc2ccccc2C)c1. The molecule has 0 radical (unpaired) electrons. The van der Waals surface area contributed by atoms with Crippen LogP contribution in [0.15, 0.2) is 42.5 Å². The molecule has 1 N–H and O–H groups in total. The van der Waals surface area contributed by atoms with Gasteiger partial charge in [0, 0.05) is 5.69 Å². The van der Waals surface area contributed by atoms with Gasteiger partial charge in [0.25, 0.3) is 0 Å². The fourth-order valence-corrected chi connectivity index (χ4v) is 2.07. The highest BCUT2D eigenvalue weighted by molar-refractivity contribution is 5.93. The van der Waals surface area contributed by atoms with E-state index in [0.29, 0.717) is 6.42 Å². The van der Waals surface area contributed by atoms with E-state index in [1.807, 2.05) is 45.0 Å². The van der Waals surface area contributed by atoms with Crippen molar-refractivity contribution in [1.29, 1.82) is 0 Å². The number of carbonyl (C=O) groups is 1. The van der Waals surface area contributed by atoms with Crippen LogP contribution in [0, 0.1) is 20.8 Å². The zero-order valence-corrected chi connectivity index (χ0v) is 11.7. The third-order valence-corrected chi connectivity index (χ3v) is 3.27. The Labute approximate surface area is 114 Å². The highest BCUT2D eigenvalue weighted by Crippen LogP contribution is 2.15. The normalized spacial score (nSPS) is 10.3. The van der Waals surface area contributed by atoms with Gasteiger partial charge in [-0.2, -0.15) is 0 Å². The number of hydrogen-bond acceptors (Lipinski definition) is 1. The molecule has 19 heavy (non-hydrogen) atoms. The lowest BCUT2D eigenvalue weighted by molar-refractivity contribution is -0.115. The van der Waals surface area contributed by atoms with Crippen LogP contribution >= 0.6 is 0 Å². The number of rotatable bonds is 3. The van der Waals surface area contributed by atoms with E-state index in [0.717, 1.165) is 22.4 Å². The van der Waals surface area contributed by atoms with Crippen molar-refractivity contribution in [2.24, 2.45) is 0 Å². The summed E-state index contributed by atoms with van der Waals surface area (Å²) in [5.41, 5.74) is 5.40. The molecule has 0 saturated carbocycles. The Balaban J connectivity index is 2.10. The molecule has 0 heterocycles. The van der Waals surface area contributed by atoms with Gasteiger partial charge in [-0.1, -0.05) is 42.0 Å². The summed E-state index contributed by atoms with van der Waals surface area (Å²) < 4.78 is 0. The van der Waals surface area contributed by atoms with E-state index < -0.39 is 0 Å². The molecule has 0 aliphatic rings. The molecule has 2 rings (SSSR count). The zero-order valence-electron chi connectivity index (χ0n) is 11.7. The Bertz CT molecular complexity index is 602. The predicted molar refractivity (Wildman–Crippen MR) is 79.4 cm³/mol. The standard InChI is InChI=1S/C17H19NO/c1-12-8-9-13(2)15(10-12)11-17(19)18-16-7-5-4-6-14(16)3/h4-10H,11H2,1-3H3,(H,18,19). The van der Waals surface area contributed by atoms with E-state index in [1.54, 1.807) is 0 Å². The summed E-state index contributed by atoms with van der Waals surface area (Å²) in [6.07, 6.45) is 0.418. The molecular weight excluding hydrogens is 234 g/mol. The minimum atomic E-state index is 0.0306. The van der Waals surface area contributed by atoms with Gasteiger partial charge >= 0.3 is 0 Å². The summed E-state index contributed by atoms with van der Waals surface area (Å²) in [5.74, 6) is 0.0306. The molecule has 0 atom stereocenters. The van der Waals surface area contributed by atoms with Crippen LogP contribution in [0.5, 0.6) is 0 Å². The van der Waals surface area contributed by atoms with Crippen LogP contribution in [0.25, 0.3) is 0 Å². The van der Waals surface area contributed by atoms with E-state index in [2.05, 4.69) is 23.5 Å². The van der Waals surface area contributed by atoms with Crippen LogP contribution in [0.1, 0.15) is 22.3 Å². The highest BCUT2D eigenvalue weighted by atomic mass is 16.1. The van der Waals surface area contributed by atoms with E-state index in [9.17, 15) is 4.79 Å².